The number of hydrogen-bond donors (Lipinski definition) is 2. The van der Waals surface area contributed by atoms with E-state index in [4.69, 9.17) is 9.84 Å². The second-order valence-electron chi connectivity index (χ2n) is 13.7. The summed E-state index contributed by atoms with van der Waals surface area (Å²) >= 11 is 0. The number of urea groups is 1. The number of anilines is 1. The van der Waals surface area contributed by atoms with Crippen LogP contribution in [0.15, 0.2) is 55.0 Å². The number of likely N-dealkylation sites (tertiary alicyclic amines) is 1. The van der Waals surface area contributed by atoms with Crippen LogP contribution in [-0.2, 0) is 17.8 Å². The van der Waals surface area contributed by atoms with Gasteiger partial charge >= 0.3 is 12.2 Å². The molecule has 0 radical (unpaired) electrons. The van der Waals surface area contributed by atoms with Gasteiger partial charge < -0.3 is 15.0 Å². The maximum absolute atomic E-state index is 14.7. The van der Waals surface area contributed by atoms with Crippen LogP contribution < -0.4 is 10.6 Å². The fraction of sp³-hybridized carbons (Fsp3) is 0.529. The van der Waals surface area contributed by atoms with Gasteiger partial charge in [0.15, 0.2) is 0 Å². The molecule has 1 aliphatic carbocycles. The number of carbonyl (C=O) groups is 1. The third-order valence-electron chi connectivity index (χ3n) is 9.79. The maximum Gasteiger partial charge on any atom is 0.406 e. The van der Waals surface area contributed by atoms with Crippen LogP contribution in [0, 0.1) is 5.92 Å². The molecule has 1 aromatic carbocycles. The molecule has 3 fully saturated rings. The molecule has 2 N–H and O–H groups in total. The number of nitrogens with one attached hydrogen (secondary N) is 2. The Labute approximate surface area is 271 Å². The molecule has 2 saturated heterocycles. The lowest BCUT2D eigenvalue weighted by Crippen LogP contribution is -2.66. The van der Waals surface area contributed by atoms with Crippen LogP contribution in [0.4, 0.5) is 23.7 Å². The van der Waals surface area contributed by atoms with Crippen LogP contribution >= 0.6 is 0 Å². The topological polar surface area (TPSA) is 102 Å². The molecule has 7 rings (SSSR count). The molecule has 3 aliphatic rings. The van der Waals surface area contributed by atoms with E-state index in [0.29, 0.717) is 42.4 Å². The van der Waals surface area contributed by atoms with Crippen LogP contribution in [0.25, 0.3) is 22.3 Å². The zero-order valence-corrected chi connectivity index (χ0v) is 26.8. The van der Waals surface area contributed by atoms with Gasteiger partial charge in [0.05, 0.1) is 29.3 Å². The van der Waals surface area contributed by atoms with Gasteiger partial charge in [0.25, 0.3) is 0 Å². The molecule has 13 heteroatoms. The Morgan fingerprint density at radius 3 is 2.64 bits per heavy atom. The van der Waals surface area contributed by atoms with Crippen molar-refractivity contribution in [1.29, 1.82) is 0 Å². The molecule has 1 saturated carbocycles. The van der Waals surface area contributed by atoms with Crippen molar-refractivity contribution in [2.45, 2.75) is 95.4 Å². The van der Waals surface area contributed by atoms with Gasteiger partial charge in [-0.1, -0.05) is 44.2 Å². The number of amides is 2. The molecule has 2 atom stereocenters. The first-order valence-corrected chi connectivity index (χ1v) is 16.5. The highest BCUT2D eigenvalue weighted by atomic mass is 19.4. The Morgan fingerprint density at radius 1 is 1.13 bits per heavy atom. The molecule has 0 bridgehead atoms. The van der Waals surface area contributed by atoms with E-state index in [1.165, 1.54) is 0 Å². The number of rotatable bonds is 8. The van der Waals surface area contributed by atoms with Crippen molar-refractivity contribution in [3.8, 4) is 11.4 Å². The van der Waals surface area contributed by atoms with E-state index >= 15 is 0 Å². The number of pyridine rings is 1. The van der Waals surface area contributed by atoms with Crippen LogP contribution in [0.1, 0.15) is 70.6 Å². The molecule has 2 unspecified atom stereocenters. The monoisotopic (exact) mass is 650 g/mol. The second-order valence-corrected chi connectivity index (χ2v) is 13.7. The Morgan fingerprint density at radius 2 is 1.94 bits per heavy atom. The smallest absolute Gasteiger partial charge is 0.357 e. The quantitative estimate of drug-likeness (QED) is 0.215. The van der Waals surface area contributed by atoms with Gasteiger partial charge in [-0.05, 0) is 62.5 Å². The summed E-state index contributed by atoms with van der Waals surface area (Å²) < 4.78 is 53.9. The fourth-order valence-electron chi connectivity index (χ4n) is 7.08. The van der Waals surface area contributed by atoms with E-state index < -0.39 is 23.3 Å². The van der Waals surface area contributed by atoms with E-state index in [1.807, 2.05) is 41.1 Å². The molecule has 250 valence electrons. The molecular weight excluding hydrogens is 609 g/mol. The van der Waals surface area contributed by atoms with Gasteiger partial charge in [-0.2, -0.15) is 23.4 Å². The summed E-state index contributed by atoms with van der Waals surface area (Å²) in [6, 6.07) is 10.6. The van der Waals surface area contributed by atoms with Crippen molar-refractivity contribution in [1.82, 2.24) is 34.8 Å². The summed E-state index contributed by atoms with van der Waals surface area (Å²) in [5.41, 5.74) is 0.219. The number of piperidine rings is 1. The predicted molar refractivity (Wildman–Crippen MR) is 171 cm³/mol. The third-order valence-corrected chi connectivity index (χ3v) is 9.79. The standard InChI is InChI=1S/C34H41F3N8O2/c1-23(2)20-44-28-16-26(38-18-25(28)19-40-44)30-27(21-45(42-30)29-10-6-7-15-47-29)41-31(46)43-14-13-33(34(35,36)37,22-32(43)11-12-32)39-17-24-8-4-3-5-9-24/h3-5,8-9,16,18-19,21,23,29,39H,6-7,10-15,17,20,22H2,1-2H3,(H,41,46). The Balaban J connectivity index is 1.16. The lowest BCUT2D eigenvalue weighted by molar-refractivity contribution is -0.214. The molecule has 10 nitrogen and oxygen atoms in total. The molecule has 2 amide bonds. The molecule has 3 aromatic heterocycles. The highest BCUT2D eigenvalue weighted by molar-refractivity contribution is 5.94. The minimum Gasteiger partial charge on any atom is -0.357 e. The van der Waals surface area contributed by atoms with Gasteiger partial charge in [0.1, 0.15) is 17.5 Å². The van der Waals surface area contributed by atoms with Crippen LogP contribution in [-0.4, -0.2) is 65.9 Å². The van der Waals surface area contributed by atoms with Crippen molar-refractivity contribution in [2.75, 3.05) is 18.5 Å². The number of aromatic nitrogens is 5. The number of benzene rings is 1. The molecule has 1 spiro atoms. The van der Waals surface area contributed by atoms with Crippen molar-refractivity contribution in [3.05, 3.63) is 60.6 Å². The fourth-order valence-corrected chi connectivity index (χ4v) is 7.08. The summed E-state index contributed by atoms with van der Waals surface area (Å²) in [4.78, 5) is 20.3. The first-order chi connectivity index (χ1) is 22.6. The van der Waals surface area contributed by atoms with Crippen molar-refractivity contribution >= 4 is 22.6 Å². The summed E-state index contributed by atoms with van der Waals surface area (Å²) in [6.07, 6.45) is 3.90. The highest BCUT2D eigenvalue weighted by Gasteiger charge is 2.65. The van der Waals surface area contributed by atoms with Gasteiger partial charge in [-0.25, -0.2) is 9.48 Å². The number of fused-ring (bicyclic) bond motifs is 1. The summed E-state index contributed by atoms with van der Waals surface area (Å²) in [6.45, 7) is 5.68. The lowest BCUT2D eigenvalue weighted by atomic mass is 9.80. The largest absolute Gasteiger partial charge is 0.406 e. The number of hydrogen-bond acceptors (Lipinski definition) is 6. The Hall–Kier alpha value is -3.97. The van der Waals surface area contributed by atoms with E-state index in [1.54, 1.807) is 28.2 Å². The van der Waals surface area contributed by atoms with E-state index in [-0.39, 0.29) is 32.2 Å². The zero-order valence-electron chi connectivity index (χ0n) is 26.8. The van der Waals surface area contributed by atoms with Gasteiger partial charge in [-0.15, -0.1) is 0 Å². The van der Waals surface area contributed by atoms with Gasteiger partial charge in [-0.3, -0.25) is 15.0 Å². The van der Waals surface area contributed by atoms with Gasteiger partial charge in [0.2, 0.25) is 0 Å². The molecule has 4 aromatic rings. The van der Waals surface area contributed by atoms with E-state index in [0.717, 1.165) is 42.3 Å². The minimum absolute atomic E-state index is 0.0268. The maximum atomic E-state index is 14.7. The first kappa shape index (κ1) is 31.6. The van der Waals surface area contributed by atoms with Crippen molar-refractivity contribution in [2.24, 2.45) is 5.92 Å². The Kier molecular flexibility index (Phi) is 8.23. The van der Waals surface area contributed by atoms with E-state index in [2.05, 4.69) is 34.6 Å². The van der Waals surface area contributed by atoms with Crippen molar-refractivity contribution in [3.63, 3.8) is 0 Å². The van der Waals surface area contributed by atoms with E-state index in [9.17, 15) is 18.0 Å². The summed E-state index contributed by atoms with van der Waals surface area (Å²) in [5.74, 6) is 0.385. The number of nitrogens with zero attached hydrogens (tertiary/aromatic N) is 6. The van der Waals surface area contributed by atoms with Crippen molar-refractivity contribution < 1.29 is 22.7 Å². The SMILES string of the molecule is CC(C)Cn1ncc2cnc(-c3nn(C4CCCCO4)cc3NC(=O)N3CCC(NCc4ccccc4)(C(F)(F)F)CC34CC4)cc21. The highest BCUT2D eigenvalue weighted by Crippen LogP contribution is 2.55. The number of carbonyl (C=O) groups excluding carboxylic acids is 1. The summed E-state index contributed by atoms with van der Waals surface area (Å²) in [5, 5.41) is 16.2. The minimum atomic E-state index is -4.47. The normalized spacial score (nSPS) is 22.7. The lowest BCUT2D eigenvalue weighted by Gasteiger charge is -2.48. The molecular formula is C34H41F3N8O2. The number of halogens is 3. The number of alkyl halides is 3. The molecule has 47 heavy (non-hydrogen) atoms. The number of ether oxygens (including phenoxy) is 1. The van der Waals surface area contributed by atoms with Gasteiger partial charge in [0, 0.05) is 43.4 Å². The Bertz CT molecular complexity index is 1730. The van der Waals surface area contributed by atoms with Crippen LogP contribution in [0.3, 0.4) is 0 Å². The zero-order chi connectivity index (χ0) is 32.8. The van der Waals surface area contributed by atoms with Crippen LogP contribution in [0.5, 0.6) is 0 Å². The average molecular weight is 651 g/mol. The van der Waals surface area contributed by atoms with Crippen LogP contribution in [0.2, 0.25) is 0 Å². The molecule has 2 aliphatic heterocycles. The third kappa shape index (κ3) is 6.22. The second kappa shape index (κ2) is 12.2. The molecule has 5 heterocycles. The predicted octanol–water partition coefficient (Wildman–Crippen LogP) is 6.90. The first-order valence-electron chi connectivity index (χ1n) is 16.5. The average Bonchev–Trinajstić information content (AvgIpc) is 3.49. The summed E-state index contributed by atoms with van der Waals surface area (Å²) in [7, 11) is 0.